The average molecular weight is 558 g/mol. The largest absolute Gasteiger partial charge is 0.248 e. The van der Waals surface area contributed by atoms with Gasteiger partial charge in [-0.3, -0.25) is 0 Å². The third kappa shape index (κ3) is 3.41. The highest BCUT2D eigenvalue weighted by atomic mass is 14.8. The summed E-state index contributed by atoms with van der Waals surface area (Å²) in [4.78, 5) is 15.3. The third-order valence-corrected chi connectivity index (χ3v) is 9.13. The fourth-order valence-corrected chi connectivity index (χ4v) is 6.98. The number of benzene rings is 6. The van der Waals surface area contributed by atoms with Gasteiger partial charge in [0.15, 0.2) is 0 Å². The van der Waals surface area contributed by atoms with Crippen LogP contribution in [0.3, 0.4) is 0 Å². The van der Waals surface area contributed by atoms with E-state index in [1.807, 2.05) is 6.07 Å². The molecule has 0 amide bonds. The molecule has 3 nitrogen and oxygen atoms in total. The molecule has 3 aromatic heterocycles. The molecule has 0 bridgehead atoms. The Kier molecular flexibility index (Phi) is 4.72. The van der Waals surface area contributed by atoms with E-state index in [4.69, 9.17) is 15.0 Å². The van der Waals surface area contributed by atoms with E-state index in [-0.39, 0.29) is 0 Å². The Morgan fingerprint density at radius 3 is 1.70 bits per heavy atom. The number of aromatic nitrogens is 3. The van der Waals surface area contributed by atoms with E-state index in [1.54, 1.807) is 0 Å². The molecule has 3 heterocycles. The van der Waals surface area contributed by atoms with Crippen molar-refractivity contribution in [3.63, 3.8) is 0 Å². The smallest absolute Gasteiger partial charge is 0.0972 e. The van der Waals surface area contributed by atoms with Crippen LogP contribution in [0.25, 0.3) is 99.2 Å². The summed E-state index contributed by atoms with van der Waals surface area (Å²) in [6, 6.07) is 49.6. The molecule has 44 heavy (non-hydrogen) atoms. The van der Waals surface area contributed by atoms with Crippen LogP contribution in [0.2, 0.25) is 0 Å². The summed E-state index contributed by atoms with van der Waals surface area (Å²) in [5.74, 6) is 0. The average Bonchev–Trinajstić information content (AvgIpc) is 3.41. The number of hydrogen-bond acceptors (Lipinski definition) is 3. The van der Waals surface area contributed by atoms with Crippen LogP contribution in [-0.2, 0) is 0 Å². The summed E-state index contributed by atoms with van der Waals surface area (Å²) in [5.41, 5.74) is 13.0. The lowest BCUT2D eigenvalue weighted by molar-refractivity contribution is 1.37. The molecule has 0 N–H and O–H groups in total. The van der Waals surface area contributed by atoms with Crippen LogP contribution in [0.5, 0.6) is 0 Å². The Morgan fingerprint density at radius 2 is 0.932 bits per heavy atom. The Balaban J connectivity index is 1.11. The van der Waals surface area contributed by atoms with Crippen LogP contribution in [0.1, 0.15) is 0 Å². The standard InChI is InChI=1S/C41H23N3/c1-2-10-35-27(5-1)21-30-22-28(16-20-38(30)42-35)36-18-14-25-11-12-26-15-19-37(44-41(26)40(25)43-36)29-13-17-31-32-8-3-6-24-7-4-9-33(39(24)32)34(31)23-29/h1-23H. The monoisotopic (exact) mass is 557 g/mol. The molecule has 0 spiro atoms. The molecule has 0 unspecified atom stereocenters. The normalized spacial score (nSPS) is 12.1. The molecule has 0 fully saturated rings. The first-order valence-corrected chi connectivity index (χ1v) is 14.9. The van der Waals surface area contributed by atoms with Gasteiger partial charge in [-0.15, -0.1) is 0 Å². The van der Waals surface area contributed by atoms with Gasteiger partial charge in [0.05, 0.1) is 33.5 Å². The van der Waals surface area contributed by atoms with Gasteiger partial charge in [-0.05, 0) is 75.5 Å². The lowest BCUT2D eigenvalue weighted by atomic mass is 9.99. The molecule has 0 saturated heterocycles. The van der Waals surface area contributed by atoms with Crippen molar-refractivity contribution in [2.45, 2.75) is 0 Å². The lowest BCUT2D eigenvalue weighted by Gasteiger charge is -2.10. The topological polar surface area (TPSA) is 38.7 Å². The molecule has 10 rings (SSSR count). The summed E-state index contributed by atoms with van der Waals surface area (Å²) < 4.78 is 0. The Bertz CT molecular complexity index is 2670. The molecular weight excluding hydrogens is 534 g/mol. The van der Waals surface area contributed by atoms with Gasteiger partial charge >= 0.3 is 0 Å². The zero-order valence-electron chi connectivity index (χ0n) is 23.6. The Labute approximate surface area is 253 Å². The molecule has 1 aliphatic carbocycles. The lowest BCUT2D eigenvalue weighted by Crippen LogP contribution is -1.92. The maximum atomic E-state index is 5.24. The number of para-hydroxylation sites is 1. The van der Waals surface area contributed by atoms with Gasteiger partial charge < -0.3 is 0 Å². The van der Waals surface area contributed by atoms with Crippen molar-refractivity contribution in [2.75, 3.05) is 0 Å². The highest BCUT2D eigenvalue weighted by Crippen LogP contribution is 2.48. The predicted octanol–water partition coefficient (Wildman–Crippen LogP) is 10.6. The van der Waals surface area contributed by atoms with Crippen molar-refractivity contribution in [2.24, 2.45) is 0 Å². The molecule has 0 aliphatic heterocycles. The van der Waals surface area contributed by atoms with Crippen molar-refractivity contribution in [3.8, 4) is 44.8 Å². The zero-order valence-corrected chi connectivity index (χ0v) is 23.6. The van der Waals surface area contributed by atoms with Gasteiger partial charge in [0.1, 0.15) is 0 Å². The minimum atomic E-state index is 0.914. The molecule has 1 aliphatic rings. The molecule has 0 radical (unpaired) electrons. The van der Waals surface area contributed by atoms with Gasteiger partial charge in [-0.25, -0.2) is 15.0 Å². The van der Waals surface area contributed by atoms with E-state index < -0.39 is 0 Å². The summed E-state index contributed by atoms with van der Waals surface area (Å²) in [6.45, 7) is 0. The van der Waals surface area contributed by atoms with Crippen LogP contribution in [0.4, 0.5) is 0 Å². The van der Waals surface area contributed by atoms with Crippen molar-refractivity contribution in [1.29, 1.82) is 0 Å². The van der Waals surface area contributed by atoms with Crippen molar-refractivity contribution < 1.29 is 0 Å². The van der Waals surface area contributed by atoms with E-state index in [2.05, 4.69) is 133 Å². The van der Waals surface area contributed by atoms with Gasteiger partial charge in [0.2, 0.25) is 0 Å². The van der Waals surface area contributed by atoms with Gasteiger partial charge in [-0.2, -0.15) is 0 Å². The first-order chi connectivity index (χ1) is 21.8. The highest BCUT2D eigenvalue weighted by Gasteiger charge is 2.21. The molecule has 3 heteroatoms. The van der Waals surface area contributed by atoms with Crippen LogP contribution >= 0.6 is 0 Å². The second-order valence-electron chi connectivity index (χ2n) is 11.7. The van der Waals surface area contributed by atoms with Gasteiger partial charge in [-0.1, -0.05) is 97.1 Å². The SMILES string of the molecule is c1ccc2nc3ccc(-c4ccc5ccc6ccc(-c7ccc8c(c7)-c7cccc9cccc-8c79)nc6c5n4)cc3cc2c1. The van der Waals surface area contributed by atoms with Crippen molar-refractivity contribution >= 4 is 54.4 Å². The number of rotatable bonds is 2. The van der Waals surface area contributed by atoms with Crippen molar-refractivity contribution in [1.82, 2.24) is 15.0 Å². The fraction of sp³-hybridized carbons (Fsp3) is 0. The van der Waals surface area contributed by atoms with Crippen LogP contribution in [-0.4, -0.2) is 15.0 Å². The van der Waals surface area contributed by atoms with E-state index in [9.17, 15) is 0 Å². The van der Waals surface area contributed by atoms with Crippen LogP contribution in [0.15, 0.2) is 140 Å². The number of nitrogens with zero attached hydrogens (tertiary/aromatic N) is 3. The van der Waals surface area contributed by atoms with E-state index >= 15 is 0 Å². The van der Waals surface area contributed by atoms with Crippen LogP contribution < -0.4 is 0 Å². The minimum Gasteiger partial charge on any atom is -0.248 e. The summed E-state index contributed by atoms with van der Waals surface area (Å²) in [5, 5.41) is 7.03. The predicted molar refractivity (Wildman–Crippen MR) is 183 cm³/mol. The van der Waals surface area contributed by atoms with Gasteiger partial charge in [0.25, 0.3) is 0 Å². The van der Waals surface area contributed by atoms with Crippen molar-refractivity contribution in [3.05, 3.63) is 140 Å². The molecule has 202 valence electrons. The Hall–Kier alpha value is -5.93. The fourth-order valence-electron chi connectivity index (χ4n) is 6.98. The van der Waals surface area contributed by atoms with Crippen LogP contribution in [0, 0.1) is 0 Å². The highest BCUT2D eigenvalue weighted by molar-refractivity contribution is 6.15. The number of hydrogen-bond donors (Lipinski definition) is 0. The summed E-state index contributed by atoms with van der Waals surface area (Å²) >= 11 is 0. The molecule has 9 aromatic rings. The summed E-state index contributed by atoms with van der Waals surface area (Å²) in [6.07, 6.45) is 0. The van der Waals surface area contributed by atoms with Gasteiger partial charge in [0, 0.05) is 32.7 Å². The number of fused-ring (bicyclic) bond motifs is 8. The first-order valence-electron chi connectivity index (χ1n) is 14.9. The summed E-state index contributed by atoms with van der Waals surface area (Å²) in [7, 11) is 0. The number of pyridine rings is 3. The molecule has 6 aromatic carbocycles. The third-order valence-electron chi connectivity index (χ3n) is 9.13. The quantitative estimate of drug-likeness (QED) is 0.157. The minimum absolute atomic E-state index is 0.914. The maximum Gasteiger partial charge on any atom is 0.0972 e. The maximum absolute atomic E-state index is 5.24. The Morgan fingerprint density at radius 1 is 0.318 bits per heavy atom. The van der Waals surface area contributed by atoms with E-state index in [0.717, 1.165) is 66.1 Å². The second-order valence-corrected chi connectivity index (χ2v) is 11.7. The molecular formula is C41H23N3. The van der Waals surface area contributed by atoms with E-state index in [1.165, 1.54) is 33.0 Å². The second kappa shape index (κ2) is 8.79. The van der Waals surface area contributed by atoms with E-state index in [0.29, 0.717) is 0 Å². The zero-order chi connectivity index (χ0) is 28.8. The first kappa shape index (κ1) is 23.6. The molecule has 0 saturated carbocycles. The molecule has 0 atom stereocenters.